The van der Waals surface area contributed by atoms with E-state index >= 15 is 0 Å². The molecule has 1 aliphatic rings. The van der Waals surface area contributed by atoms with Gasteiger partial charge in [-0.1, -0.05) is 6.92 Å². The van der Waals surface area contributed by atoms with E-state index in [1.54, 1.807) is 11.8 Å². The highest BCUT2D eigenvalue weighted by atomic mass is 19.4. The van der Waals surface area contributed by atoms with Gasteiger partial charge in [0.2, 0.25) is 5.91 Å². The van der Waals surface area contributed by atoms with Gasteiger partial charge in [-0.15, -0.1) is 0 Å². The SMILES string of the molecule is CCC(=O)N1CCCC(C(=O)OCC(=O)Nc2cc(C(F)(F)F)ccc2OCCOC)C1. The fraction of sp³-hybridized carbons (Fsp3) is 0.571. The maximum absolute atomic E-state index is 13.0. The lowest BCUT2D eigenvalue weighted by Crippen LogP contribution is -2.42. The number of amides is 2. The number of nitrogens with zero attached hydrogens (tertiary/aromatic N) is 1. The Morgan fingerprint density at radius 2 is 1.97 bits per heavy atom. The van der Waals surface area contributed by atoms with Crippen molar-refractivity contribution in [2.24, 2.45) is 5.92 Å². The van der Waals surface area contributed by atoms with Crippen molar-refractivity contribution in [2.75, 3.05) is 45.3 Å². The van der Waals surface area contributed by atoms with Gasteiger partial charge in [-0.3, -0.25) is 14.4 Å². The number of esters is 1. The Morgan fingerprint density at radius 1 is 1.22 bits per heavy atom. The first kappa shape index (κ1) is 25.4. The molecule has 1 fully saturated rings. The van der Waals surface area contributed by atoms with Crippen molar-refractivity contribution in [2.45, 2.75) is 32.4 Å². The number of nitrogens with one attached hydrogen (secondary N) is 1. The lowest BCUT2D eigenvalue weighted by atomic mass is 9.98. The zero-order valence-electron chi connectivity index (χ0n) is 18.0. The van der Waals surface area contributed by atoms with Crippen LogP contribution < -0.4 is 10.1 Å². The molecule has 1 saturated heterocycles. The third kappa shape index (κ3) is 7.40. The molecule has 0 saturated carbocycles. The molecule has 1 unspecified atom stereocenters. The van der Waals surface area contributed by atoms with E-state index in [2.05, 4.69) is 5.32 Å². The molecule has 8 nitrogen and oxygen atoms in total. The number of halogens is 3. The van der Waals surface area contributed by atoms with Crippen LogP contribution >= 0.6 is 0 Å². The quantitative estimate of drug-likeness (QED) is 0.450. The number of carbonyl (C=O) groups is 3. The molecular weight excluding hydrogens is 433 g/mol. The lowest BCUT2D eigenvalue weighted by molar-refractivity contribution is -0.154. The fourth-order valence-corrected chi connectivity index (χ4v) is 3.23. The summed E-state index contributed by atoms with van der Waals surface area (Å²) in [5.74, 6) is -2.03. The molecule has 1 heterocycles. The average molecular weight is 460 g/mol. The number of carbonyl (C=O) groups excluding carboxylic acids is 3. The van der Waals surface area contributed by atoms with E-state index in [-0.39, 0.29) is 37.1 Å². The van der Waals surface area contributed by atoms with Crippen LogP contribution in [0.3, 0.4) is 0 Å². The molecule has 11 heteroatoms. The van der Waals surface area contributed by atoms with E-state index in [4.69, 9.17) is 14.2 Å². The third-order valence-electron chi connectivity index (χ3n) is 4.88. The molecule has 178 valence electrons. The van der Waals surface area contributed by atoms with Gasteiger partial charge < -0.3 is 24.4 Å². The van der Waals surface area contributed by atoms with Crippen LogP contribution in [0.15, 0.2) is 18.2 Å². The Morgan fingerprint density at radius 3 is 2.62 bits per heavy atom. The summed E-state index contributed by atoms with van der Waals surface area (Å²) in [4.78, 5) is 38.0. The minimum Gasteiger partial charge on any atom is -0.489 e. The van der Waals surface area contributed by atoms with Gasteiger partial charge in [-0.2, -0.15) is 13.2 Å². The lowest BCUT2D eigenvalue weighted by Gasteiger charge is -2.31. The Balaban J connectivity index is 1.98. The minimum atomic E-state index is -4.61. The van der Waals surface area contributed by atoms with E-state index in [1.165, 1.54) is 7.11 Å². The zero-order chi connectivity index (χ0) is 23.7. The topological polar surface area (TPSA) is 94.2 Å². The van der Waals surface area contributed by atoms with Crippen molar-refractivity contribution in [3.63, 3.8) is 0 Å². The van der Waals surface area contributed by atoms with Gasteiger partial charge in [0.15, 0.2) is 6.61 Å². The van der Waals surface area contributed by atoms with E-state index in [0.717, 1.165) is 18.2 Å². The number of anilines is 1. The van der Waals surface area contributed by atoms with Crippen LogP contribution in [0, 0.1) is 5.92 Å². The Kier molecular flexibility index (Phi) is 9.30. The molecule has 1 atom stereocenters. The summed E-state index contributed by atoms with van der Waals surface area (Å²) in [6.45, 7) is 2.11. The summed E-state index contributed by atoms with van der Waals surface area (Å²) in [6.07, 6.45) is -3.11. The number of likely N-dealkylation sites (tertiary alicyclic amines) is 1. The second-order valence-electron chi connectivity index (χ2n) is 7.24. The van der Waals surface area contributed by atoms with Crippen molar-refractivity contribution in [3.8, 4) is 5.75 Å². The minimum absolute atomic E-state index is 0.0238. The number of alkyl halides is 3. The third-order valence-corrected chi connectivity index (χ3v) is 4.88. The van der Waals surface area contributed by atoms with Gasteiger partial charge >= 0.3 is 12.1 Å². The molecule has 1 aromatic carbocycles. The predicted molar refractivity (Wildman–Crippen MR) is 108 cm³/mol. The Labute approximate surface area is 184 Å². The van der Waals surface area contributed by atoms with E-state index in [1.807, 2.05) is 0 Å². The zero-order valence-corrected chi connectivity index (χ0v) is 18.0. The van der Waals surface area contributed by atoms with E-state index < -0.39 is 36.1 Å². The van der Waals surface area contributed by atoms with E-state index in [0.29, 0.717) is 25.8 Å². The fourth-order valence-electron chi connectivity index (χ4n) is 3.23. The van der Waals surface area contributed by atoms with Crippen LogP contribution in [-0.4, -0.2) is 62.7 Å². The largest absolute Gasteiger partial charge is 0.489 e. The average Bonchev–Trinajstić information content (AvgIpc) is 2.77. The number of methoxy groups -OCH3 is 1. The maximum Gasteiger partial charge on any atom is 0.416 e. The molecule has 0 aliphatic carbocycles. The van der Waals surface area contributed by atoms with Crippen LogP contribution in [0.25, 0.3) is 0 Å². The first-order chi connectivity index (χ1) is 15.2. The molecule has 1 aromatic rings. The Bertz CT molecular complexity index is 815. The maximum atomic E-state index is 13.0. The standard InChI is InChI=1S/C21H27F3N2O6/c1-3-19(28)26-8-4-5-14(12-26)20(29)32-13-18(27)25-16-11-15(21(22,23)24)6-7-17(16)31-10-9-30-2/h6-7,11,14H,3-5,8-10,12-13H2,1-2H3,(H,25,27). The number of benzene rings is 1. The van der Waals surface area contributed by atoms with Crippen molar-refractivity contribution in [1.82, 2.24) is 4.90 Å². The molecule has 32 heavy (non-hydrogen) atoms. The number of rotatable bonds is 9. The molecule has 1 N–H and O–H groups in total. The number of hydrogen-bond acceptors (Lipinski definition) is 6. The normalized spacial score (nSPS) is 16.4. The predicted octanol–water partition coefficient (Wildman–Crippen LogP) is 2.86. The summed E-state index contributed by atoms with van der Waals surface area (Å²) in [7, 11) is 1.44. The summed E-state index contributed by atoms with van der Waals surface area (Å²) >= 11 is 0. The first-order valence-electron chi connectivity index (χ1n) is 10.2. The molecular formula is C21H27F3N2O6. The van der Waals surface area contributed by atoms with Crippen LogP contribution in [-0.2, 0) is 30.0 Å². The van der Waals surface area contributed by atoms with Gasteiger partial charge in [0.05, 0.1) is 23.8 Å². The Hall–Kier alpha value is -2.82. The van der Waals surface area contributed by atoms with Gasteiger partial charge in [-0.25, -0.2) is 0 Å². The smallest absolute Gasteiger partial charge is 0.416 e. The summed E-state index contributed by atoms with van der Waals surface area (Å²) in [5.41, 5.74) is -1.17. The van der Waals surface area contributed by atoms with Crippen molar-refractivity contribution < 1.29 is 41.8 Å². The first-order valence-corrected chi connectivity index (χ1v) is 10.2. The van der Waals surface area contributed by atoms with Crippen LogP contribution in [0.1, 0.15) is 31.7 Å². The number of ether oxygens (including phenoxy) is 3. The molecule has 2 rings (SSSR count). The highest BCUT2D eigenvalue weighted by Crippen LogP contribution is 2.35. The van der Waals surface area contributed by atoms with Gasteiger partial charge in [0, 0.05) is 26.6 Å². The van der Waals surface area contributed by atoms with Crippen molar-refractivity contribution >= 4 is 23.5 Å². The summed E-state index contributed by atoms with van der Waals surface area (Å²) in [6, 6.07) is 2.68. The van der Waals surface area contributed by atoms with Gasteiger partial charge in [0.1, 0.15) is 12.4 Å². The molecule has 0 spiro atoms. The number of hydrogen-bond donors (Lipinski definition) is 1. The molecule has 0 bridgehead atoms. The highest BCUT2D eigenvalue weighted by molar-refractivity contribution is 5.94. The van der Waals surface area contributed by atoms with Crippen molar-refractivity contribution in [1.29, 1.82) is 0 Å². The monoisotopic (exact) mass is 460 g/mol. The summed E-state index contributed by atoms with van der Waals surface area (Å²) < 4.78 is 54.4. The van der Waals surface area contributed by atoms with Gasteiger partial charge in [-0.05, 0) is 31.0 Å². The molecule has 0 radical (unpaired) electrons. The second kappa shape index (κ2) is 11.7. The van der Waals surface area contributed by atoms with Crippen LogP contribution in [0.2, 0.25) is 0 Å². The van der Waals surface area contributed by atoms with Crippen molar-refractivity contribution in [3.05, 3.63) is 23.8 Å². The molecule has 2 amide bonds. The summed E-state index contributed by atoms with van der Waals surface area (Å²) in [5, 5.41) is 2.30. The van der Waals surface area contributed by atoms with E-state index in [9.17, 15) is 27.6 Å². The van der Waals surface area contributed by atoms with Gasteiger partial charge in [0.25, 0.3) is 5.91 Å². The molecule has 0 aromatic heterocycles. The second-order valence-corrected chi connectivity index (χ2v) is 7.24. The number of piperidine rings is 1. The molecule has 1 aliphatic heterocycles. The van der Waals surface area contributed by atoms with Crippen LogP contribution in [0.5, 0.6) is 5.75 Å². The highest BCUT2D eigenvalue weighted by Gasteiger charge is 2.32. The van der Waals surface area contributed by atoms with Crippen LogP contribution in [0.4, 0.5) is 18.9 Å².